The van der Waals surface area contributed by atoms with Gasteiger partial charge in [0.2, 0.25) is 0 Å². The van der Waals surface area contributed by atoms with Crippen molar-refractivity contribution in [3.63, 3.8) is 0 Å². The first-order chi connectivity index (χ1) is 7.74. The second-order valence-corrected chi connectivity index (χ2v) is 4.60. The minimum Gasteiger partial charge on any atom is -0.355 e. The largest absolute Gasteiger partial charge is 0.355 e. The summed E-state index contributed by atoms with van der Waals surface area (Å²) in [5, 5.41) is 1.29. The van der Waals surface area contributed by atoms with Crippen molar-refractivity contribution in [1.82, 2.24) is 4.98 Å². The van der Waals surface area contributed by atoms with Crippen LogP contribution in [0.2, 0.25) is 0 Å². The molecule has 0 amide bonds. The van der Waals surface area contributed by atoms with E-state index in [-0.39, 0.29) is 0 Å². The second kappa shape index (κ2) is 3.38. The van der Waals surface area contributed by atoms with Crippen LogP contribution >= 0.6 is 0 Å². The van der Waals surface area contributed by atoms with E-state index in [2.05, 4.69) is 55.2 Å². The minimum absolute atomic E-state index is 1.08. The molecule has 1 N–H and O–H groups in total. The van der Waals surface area contributed by atoms with E-state index < -0.39 is 0 Å². The lowest BCUT2D eigenvalue weighted by Gasteiger charge is -2.00. The molecule has 0 unspecified atom stereocenters. The number of rotatable bonds is 1. The van der Waals surface area contributed by atoms with Gasteiger partial charge >= 0.3 is 0 Å². The minimum atomic E-state index is 1.08. The lowest BCUT2D eigenvalue weighted by molar-refractivity contribution is 1.23. The molecule has 80 valence electrons. The van der Waals surface area contributed by atoms with Gasteiger partial charge < -0.3 is 4.98 Å². The highest BCUT2D eigenvalue weighted by molar-refractivity contribution is 5.86. The zero-order valence-electron chi connectivity index (χ0n) is 9.67. The number of aromatic nitrogens is 1. The van der Waals surface area contributed by atoms with Crippen molar-refractivity contribution in [3.8, 4) is 0 Å². The van der Waals surface area contributed by atoms with Crippen molar-refractivity contribution in [2.75, 3.05) is 0 Å². The standard InChI is InChI=1S/C15H15N/c1-10-7-11(2)13(8-10)15-9-12-5-3-4-6-14(12)16-15/h3-7,9,16H,8H2,1-2H3. The monoisotopic (exact) mass is 209 g/mol. The third-order valence-corrected chi connectivity index (χ3v) is 3.25. The van der Waals surface area contributed by atoms with Gasteiger partial charge in [-0.25, -0.2) is 0 Å². The molecule has 2 aromatic rings. The maximum absolute atomic E-state index is 3.50. The van der Waals surface area contributed by atoms with Gasteiger partial charge in [0.25, 0.3) is 0 Å². The molecule has 0 radical (unpaired) electrons. The maximum atomic E-state index is 3.50. The number of fused-ring (bicyclic) bond motifs is 1. The van der Waals surface area contributed by atoms with E-state index in [0.717, 1.165) is 6.42 Å². The molecule has 0 saturated carbocycles. The number of aromatic amines is 1. The predicted octanol–water partition coefficient (Wildman–Crippen LogP) is 4.29. The second-order valence-electron chi connectivity index (χ2n) is 4.60. The summed E-state index contributed by atoms with van der Waals surface area (Å²) in [7, 11) is 0. The first-order valence-electron chi connectivity index (χ1n) is 5.69. The molecule has 1 heteroatoms. The van der Waals surface area contributed by atoms with Crippen molar-refractivity contribution in [2.45, 2.75) is 20.3 Å². The highest BCUT2D eigenvalue weighted by Crippen LogP contribution is 2.33. The molecule has 0 bridgehead atoms. The van der Waals surface area contributed by atoms with Gasteiger partial charge in [0.15, 0.2) is 0 Å². The molecule has 1 nitrogen and oxygen atoms in total. The Morgan fingerprint density at radius 3 is 2.62 bits per heavy atom. The van der Waals surface area contributed by atoms with Crippen LogP contribution in [-0.4, -0.2) is 4.98 Å². The highest BCUT2D eigenvalue weighted by Gasteiger charge is 2.13. The van der Waals surface area contributed by atoms with E-state index in [1.54, 1.807) is 0 Å². The molecule has 1 aliphatic rings. The van der Waals surface area contributed by atoms with Crippen LogP contribution in [0, 0.1) is 0 Å². The molecule has 0 atom stereocenters. The van der Waals surface area contributed by atoms with Gasteiger partial charge in [0.05, 0.1) is 0 Å². The molecule has 16 heavy (non-hydrogen) atoms. The van der Waals surface area contributed by atoms with E-state index in [1.165, 1.54) is 33.3 Å². The van der Waals surface area contributed by atoms with E-state index >= 15 is 0 Å². The summed E-state index contributed by atoms with van der Waals surface area (Å²) in [6.07, 6.45) is 3.36. The SMILES string of the molecule is CC1=CC(C)=C(c2cc3ccccc3[nH]2)C1. The van der Waals surface area contributed by atoms with Crippen molar-refractivity contribution in [3.05, 3.63) is 53.2 Å². The summed E-state index contributed by atoms with van der Waals surface area (Å²) >= 11 is 0. The van der Waals surface area contributed by atoms with E-state index in [1.807, 2.05) is 0 Å². The molecular weight excluding hydrogens is 194 g/mol. The topological polar surface area (TPSA) is 15.8 Å². The summed E-state index contributed by atoms with van der Waals surface area (Å²) in [5.74, 6) is 0. The Hall–Kier alpha value is -1.76. The van der Waals surface area contributed by atoms with Crippen LogP contribution in [0.4, 0.5) is 0 Å². The van der Waals surface area contributed by atoms with Gasteiger partial charge in [-0.3, -0.25) is 0 Å². The quantitative estimate of drug-likeness (QED) is 0.721. The molecule has 1 heterocycles. The number of nitrogens with one attached hydrogen (secondary N) is 1. The van der Waals surface area contributed by atoms with Gasteiger partial charge in [0.1, 0.15) is 0 Å². The smallest absolute Gasteiger partial charge is 0.0458 e. The highest BCUT2D eigenvalue weighted by atomic mass is 14.7. The van der Waals surface area contributed by atoms with Crippen molar-refractivity contribution in [2.24, 2.45) is 0 Å². The molecular formula is C15H15N. The Kier molecular flexibility index (Phi) is 2.00. The van der Waals surface area contributed by atoms with Crippen LogP contribution in [0.25, 0.3) is 16.5 Å². The number of hydrogen-bond donors (Lipinski definition) is 1. The molecule has 0 aliphatic heterocycles. The average Bonchev–Trinajstić information content (AvgIpc) is 2.81. The summed E-state index contributed by atoms with van der Waals surface area (Å²) in [6.45, 7) is 4.39. The third kappa shape index (κ3) is 1.40. The summed E-state index contributed by atoms with van der Waals surface area (Å²) in [6, 6.07) is 10.7. The van der Waals surface area contributed by atoms with Gasteiger partial charge in [-0.1, -0.05) is 29.8 Å². The maximum Gasteiger partial charge on any atom is 0.0458 e. The number of allylic oxidation sites excluding steroid dienone is 4. The van der Waals surface area contributed by atoms with Gasteiger partial charge in [-0.15, -0.1) is 0 Å². The fourth-order valence-corrected chi connectivity index (χ4v) is 2.47. The Labute approximate surface area is 95.5 Å². The van der Waals surface area contributed by atoms with Crippen LogP contribution < -0.4 is 0 Å². The lowest BCUT2D eigenvalue weighted by atomic mass is 10.1. The Morgan fingerprint density at radius 2 is 1.94 bits per heavy atom. The summed E-state index contributed by atoms with van der Waals surface area (Å²) in [4.78, 5) is 3.50. The molecule has 0 saturated heterocycles. The van der Waals surface area contributed by atoms with Crippen LogP contribution in [0.3, 0.4) is 0 Å². The predicted molar refractivity (Wildman–Crippen MR) is 69.3 cm³/mol. The summed E-state index contributed by atoms with van der Waals surface area (Å²) < 4.78 is 0. The number of H-pyrrole nitrogens is 1. The molecule has 3 rings (SSSR count). The van der Waals surface area contributed by atoms with Crippen molar-refractivity contribution >= 4 is 16.5 Å². The normalized spacial score (nSPS) is 16.0. The molecule has 0 spiro atoms. The Balaban J connectivity index is 2.11. The molecule has 1 aromatic carbocycles. The van der Waals surface area contributed by atoms with Gasteiger partial charge in [0, 0.05) is 11.2 Å². The third-order valence-electron chi connectivity index (χ3n) is 3.25. The van der Waals surface area contributed by atoms with E-state index in [4.69, 9.17) is 0 Å². The first kappa shape index (κ1) is 9.46. The zero-order chi connectivity index (χ0) is 11.1. The van der Waals surface area contributed by atoms with Crippen molar-refractivity contribution in [1.29, 1.82) is 0 Å². The van der Waals surface area contributed by atoms with E-state index in [0.29, 0.717) is 0 Å². The van der Waals surface area contributed by atoms with Crippen LogP contribution in [-0.2, 0) is 0 Å². The Bertz CT molecular complexity index is 578. The van der Waals surface area contributed by atoms with Crippen LogP contribution in [0.1, 0.15) is 26.0 Å². The lowest BCUT2D eigenvalue weighted by Crippen LogP contribution is -1.83. The summed E-state index contributed by atoms with van der Waals surface area (Å²) in [5.41, 5.74) is 6.78. The Morgan fingerprint density at radius 1 is 1.12 bits per heavy atom. The number of hydrogen-bond acceptors (Lipinski definition) is 0. The fourth-order valence-electron chi connectivity index (χ4n) is 2.47. The van der Waals surface area contributed by atoms with Gasteiger partial charge in [-0.05, 0) is 48.9 Å². The van der Waals surface area contributed by atoms with Crippen molar-refractivity contribution < 1.29 is 0 Å². The van der Waals surface area contributed by atoms with Crippen LogP contribution in [0.15, 0.2) is 47.6 Å². The molecule has 1 aromatic heterocycles. The zero-order valence-corrected chi connectivity index (χ0v) is 9.67. The molecule has 0 fully saturated rings. The van der Waals surface area contributed by atoms with E-state index in [9.17, 15) is 0 Å². The number of benzene rings is 1. The first-order valence-corrected chi connectivity index (χ1v) is 5.69. The molecule has 1 aliphatic carbocycles. The number of para-hydroxylation sites is 1. The average molecular weight is 209 g/mol. The van der Waals surface area contributed by atoms with Crippen LogP contribution in [0.5, 0.6) is 0 Å². The fraction of sp³-hybridized carbons (Fsp3) is 0.200. The van der Waals surface area contributed by atoms with Gasteiger partial charge in [-0.2, -0.15) is 0 Å².